The minimum absolute atomic E-state index is 0.00292. The maximum atomic E-state index is 11.2. The summed E-state index contributed by atoms with van der Waals surface area (Å²) in [6.45, 7) is 6.28. The maximum absolute atomic E-state index is 11.2. The molecule has 1 aliphatic heterocycles. The summed E-state index contributed by atoms with van der Waals surface area (Å²) in [5, 5.41) is 0. The molecule has 1 atom stereocenters. The van der Waals surface area contributed by atoms with E-state index in [0.29, 0.717) is 12.3 Å². The van der Waals surface area contributed by atoms with Crippen molar-refractivity contribution in [3.05, 3.63) is 29.1 Å². The Hall–Kier alpha value is -1.22. The number of carbonyl (C=O) groups excluding carboxylic acids is 1. The fourth-order valence-electron chi connectivity index (χ4n) is 1.89. The Labute approximate surface area is 89.5 Å². The van der Waals surface area contributed by atoms with Crippen LogP contribution in [0.3, 0.4) is 0 Å². The van der Waals surface area contributed by atoms with Crippen LogP contribution in [0.25, 0.3) is 0 Å². The Balaban J connectivity index is 2.51. The van der Waals surface area contributed by atoms with E-state index in [0.717, 1.165) is 17.5 Å². The average Bonchev–Trinajstić information content (AvgIpc) is 2.57. The average molecular weight is 205 g/mol. The van der Waals surface area contributed by atoms with Crippen LogP contribution >= 0.6 is 0 Å². The summed E-state index contributed by atoms with van der Waals surface area (Å²) >= 11 is 0. The Morgan fingerprint density at radius 3 is 3.00 bits per heavy atom. The van der Waals surface area contributed by atoms with Gasteiger partial charge in [0.05, 0.1) is 12.2 Å². The molecule has 1 aromatic heterocycles. The molecule has 15 heavy (non-hydrogen) atoms. The lowest BCUT2D eigenvalue weighted by atomic mass is 9.92. The zero-order chi connectivity index (χ0) is 11.1. The monoisotopic (exact) mass is 205 g/mol. The Kier molecular flexibility index (Phi) is 2.35. The molecular formula is C12H15NO2. The van der Waals surface area contributed by atoms with Crippen LogP contribution in [0.15, 0.2) is 12.3 Å². The number of aromatic nitrogens is 1. The molecule has 2 rings (SSSR count). The van der Waals surface area contributed by atoms with E-state index in [1.165, 1.54) is 6.92 Å². The molecule has 1 aliphatic rings. The second-order valence-electron chi connectivity index (χ2n) is 4.16. The van der Waals surface area contributed by atoms with Crippen molar-refractivity contribution in [3.8, 4) is 0 Å². The molecule has 0 amide bonds. The zero-order valence-electron chi connectivity index (χ0n) is 9.33. The quantitative estimate of drug-likeness (QED) is 0.696. The predicted molar refractivity (Wildman–Crippen MR) is 56.7 cm³/mol. The third-order valence-corrected chi connectivity index (χ3v) is 3.14. The van der Waals surface area contributed by atoms with Gasteiger partial charge in [0.2, 0.25) is 0 Å². The van der Waals surface area contributed by atoms with E-state index in [4.69, 9.17) is 4.74 Å². The van der Waals surface area contributed by atoms with Gasteiger partial charge >= 0.3 is 0 Å². The van der Waals surface area contributed by atoms with E-state index in [1.54, 1.807) is 6.20 Å². The van der Waals surface area contributed by atoms with E-state index in [2.05, 4.69) is 18.8 Å². The lowest BCUT2D eigenvalue weighted by Gasteiger charge is -2.22. The first-order chi connectivity index (χ1) is 7.07. The van der Waals surface area contributed by atoms with Crippen LogP contribution in [0.2, 0.25) is 0 Å². The van der Waals surface area contributed by atoms with Crippen LogP contribution in [0, 0.1) is 0 Å². The van der Waals surface area contributed by atoms with Gasteiger partial charge in [0.1, 0.15) is 5.69 Å². The van der Waals surface area contributed by atoms with Crippen LogP contribution in [-0.4, -0.2) is 10.8 Å². The lowest BCUT2D eigenvalue weighted by molar-refractivity contribution is -0.0259. The molecule has 0 radical (unpaired) electrons. The van der Waals surface area contributed by atoms with Crippen LogP contribution in [0.5, 0.6) is 0 Å². The van der Waals surface area contributed by atoms with Gasteiger partial charge in [-0.3, -0.25) is 9.78 Å². The molecule has 0 aliphatic carbocycles. The molecule has 0 fully saturated rings. The van der Waals surface area contributed by atoms with Gasteiger partial charge in [-0.2, -0.15) is 0 Å². The van der Waals surface area contributed by atoms with Gasteiger partial charge in [-0.1, -0.05) is 6.92 Å². The molecule has 0 saturated carbocycles. The van der Waals surface area contributed by atoms with Crippen molar-refractivity contribution in [1.29, 1.82) is 0 Å². The third-order valence-electron chi connectivity index (χ3n) is 3.14. The number of ketones is 1. The first kappa shape index (κ1) is 10.3. The van der Waals surface area contributed by atoms with Crippen LogP contribution in [0.4, 0.5) is 0 Å². The number of ether oxygens (including phenoxy) is 1. The van der Waals surface area contributed by atoms with Gasteiger partial charge in [0.25, 0.3) is 0 Å². The van der Waals surface area contributed by atoms with Gasteiger partial charge in [0, 0.05) is 18.7 Å². The van der Waals surface area contributed by atoms with Crippen LogP contribution in [-0.2, 0) is 16.9 Å². The minimum atomic E-state index is -0.248. The second-order valence-corrected chi connectivity index (χ2v) is 4.16. The molecule has 0 unspecified atom stereocenters. The predicted octanol–water partition coefficient (Wildman–Crippen LogP) is 2.44. The highest BCUT2D eigenvalue weighted by molar-refractivity contribution is 5.92. The van der Waals surface area contributed by atoms with E-state index in [-0.39, 0.29) is 11.4 Å². The zero-order valence-corrected chi connectivity index (χ0v) is 9.33. The van der Waals surface area contributed by atoms with E-state index < -0.39 is 0 Å². The maximum Gasteiger partial charge on any atom is 0.178 e. The number of Topliss-reactive ketones (excluding diaryl/α,β-unsaturated/α-hetero) is 1. The molecule has 2 heterocycles. The normalized spacial score (nSPS) is 23.9. The van der Waals surface area contributed by atoms with E-state index in [1.807, 2.05) is 6.07 Å². The first-order valence-corrected chi connectivity index (χ1v) is 5.21. The van der Waals surface area contributed by atoms with E-state index in [9.17, 15) is 4.79 Å². The standard InChI is InChI=1S/C12H15NO2/c1-4-12(3)10-5-11(8(2)14)13-6-9(10)7-15-12/h5-6H,4,7H2,1-3H3/t12-/m1/s1. The van der Waals surface area contributed by atoms with E-state index >= 15 is 0 Å². The van der Waals surface area contributed by atoms with Crippen molar-refractivity contribution in [2.75, 3.05) is 0 Å². The second kappa shape index (κ2) is 3.42. The highest BCUT2D eigenvalue weighted by Gasteiger charge is 2.34. The number of rotatable bonds is 2. The molecule has 0 N–H and O–H groups in total. The van der Waals surface area contributed by atoms with Crippen molar-refractivity contribution in [3.63, 3.8) is 0 Å². The third kappa shape index (κ3) is 1.57. The van der Waals surface area contributed by atoms with Crippen molar-refractivity contribution < 1.29 is 9.53 Å². The topological polar surface area (TPSA) is 39.2 Å². The SMILES string of the molecule is CC[C@@]1(C)OCc2cnc(C(C)=O)cc21. The summed E-state index contributed by atoms with van der Waals surface area (Å²) in [4.78, 5) is 15.4. The molecule has 0 saturated heterocycles. The summed E-state index contributed by atoms with van der Waals surface area (Å²) in [5.41, 5.74) is 2.50. The van der Waals surface area contributed by atoms with Crippen LogP contribution in [0.1, 0.15) is 48.8 Å². The molecule has 80 valence electrons. The Morgan fingerprint density at radius 1 is 1.67 bits per heavy atom. The highest BCUT2D eigenvalue weighted by Crippen LogP contribution is 2.38. The summed E-state index contributed by atoms with van der Waals surface area (Å²) < 4.78 is 5.74. The summed E-state index contributed by atoms with van der Waals surface area (Å²) in [6, 6.07) is 1.87. The van der Waals surface area contributed by atoms with Crippen molar-refractivity contribution >= 4 is 5.78 Å². The molecule has 3 nitrogen and oxygen atoms in total. The summed E-state index contributed by atoms with van der Waals surface area (Å²) in [7, 11) is 0. The lowest BCUT2D eigenvalue weighted by Crippen LogP contribution is -2.19. The number of carbonyl (C=O) groups is 1. The highest BCUT2D eigenvalue weighted by atomic mass is 16.5. The summed E-state index contributed by atoms with van der Waals surface area (Å²) in [6.07, 6.45) is 2.66. The van der Waals surface area contributed by atoms with Crippen molar-refractivity contribution in [2.24, 2.45) is 0 Å². The number of hydrogen-bond acceptors (Lipinski definition) is 3. The van der Waals surface area contributed by atoms with Gasteiger partial charge in [-0.05, 0) is 25.0 Å². The van der Waals surface area contributed by atoms with Crippen LogP contribution < -0.4 is 0 Å². The number of hydrogen-bond donors (Lipinski definition) is 0. The number of pyridine rings is 1. The molecular weight excluding hydrogens is 190 g/mol. The number of nitrogens with zero attached hydrogens (tertiary/aromatic N) is 1. The number of fused-ring (bicyclic) bond motifs is 1. The molecule has 0 aromatic carbocycles. The molecule has 0 bridgehead atoms. The van der Waals surface area contributed by atoms with Gasteiger partial charge in [-0.15, -0.1) is 0 Å². The largest absolute Gasteiger partial charge is 0.366 e. The Bertz CT molecular complexity index is 414. The van der Waals surface area contributed by atoms with Crippen molar-refractivity contribution in [1.82, 2.24) is 4.98 Å². The first-order valence-electron chi connectivity index (χ1n) is 5.21. The summed E-state index contributed by atoms with van der Waals surface area (Å²) in [5.74, 6) is 0.00292. The smallest absolute Gasteiger partial charge is 0.178 e. The fraction of sp³-hybridized carbons (Fsp3) is 0.500. The Morgan fingerprint density at radius 2 is 2.40 bits per heavy atom. The van der Waals surface area contributed by atoms with Gasteiger partial charge in [0.15, 0.2) is 5.78 Å². The fourth-order valence-corrected chi connectivity index (χ4v) is 1.89. The van der Waals surface area contributed by atoms with Gasteiger partial charge < -0.3 is 4.74 Å². The molecule has 1 aromatic rings. The van der Waals surface area contributed by atoms with Gasteiger partial charge in [-0.25, -0.2) is 0 Å². The van der Waals surface area contributed by atoms with Crippen molar-refractivity contribution in [2.45, 2.75) is 39.4 Å². The molecule has 3 heteroatoms. The molecule has 0 spiro atoms. The minimum Gasteiger partial charge on any atom is -0.366 e.